The third-order valence-corrected chi connectivity index (χ3v) is 2.66. The van der Waals surface area contributed by atoms with Crippen LogP contribution >= 0.6 is 0 Å². The van der Waals surface area contributed by atoms with Gasteiger partial charge in [-0.1, -0.05) is 31.2 Å². The normalized spacial score (nSPS) is 11.9. The van der Waals surface area contributed by atoms with Crippen LogP contribution in [-0.2, 0) is 6.42 Å². The van der Waals surface area contributed by atoms with Crippen LogP contribution in [0.25, 0.3) is 0 Å². The molecule has 1 unspecified atom stereocenters. The van der Waals surface area contributed by atoms with Gasteiger partial charge in [0.25, 0.3) is 0 Å². The summed E-state index contributed by atoms with van der Waals surface area (Å²) in [6, 6.07) is 8.02. The lowest BCUT2D eigenvalue weighted by Gasteiger charge is -2.16. The molecule has 1 aromatic rings. The molecule has 1 aromatic carbocycles. The van der Waals surface area contributed by atoms with E-state index >= 15 is 0 Å². The fraction of sp³-hybridized carbons (Fsp3) is 0.286. The van der Waals surface area contributed by atoms with Crippen molar-refractivity contribution in [1.29, 1.82) is 5.26 Å². The first-order chi connectivity index (χ1) is 7.11. The minimum absolute atomic E-state index is 0.0771. The molecular weight excluding hydrogens is 182 g/mol. The van der Waals surface area contributed by atoms with Crippen LogP contribution in [0, 0.1) is 18.3 Å². The van der Waals surface area contributed by atoms with Gasteiger partial charge >= 0.3 is 0 Å². The number of nitrogens with zero attached hydrogens (tertiary/aromatic N) is 1. The molecule has 0 bridgehead atoms. The third-order valence-electron chi connectivity index (χ3n) is 2.66. The van der Waals surface area contributed by atoms with Gasteiger partial charge in [0.1, 0.15) is 0 Å². The first kappa shape index (κ1) is 11.5. The van der Waals surface area contributed by atoms with E-state index in [-0.39, 0.29) is 5.92 Å². The van der Waals surface area contributed by atoms with Crippen LogP contribution in [0.15, 0.2) is 30.4 Å². The van der Waals surface area contributed by atoms with Crippen molar-refractivity contribution in [2.75, 3.05) is 0 Å². The molecule has 1 heteroatoms. The van der Waals surface area contributed by atoms with Gasteiger partial charge < -0.3 is 0 Å². The molecule has 0 aromatic heterocycles. The second-order valence-electron chi connectivity index (χ2n) is 3.74. The molecule has 0 aliphatic rings. The van der Waals surface area contributed by atoms with E-state index in [1.165, 1.54) is 0 Å². The second-order valence-corrected chi connectivity index (χ2v) is 3.74. The van der Waals surface area contributed by atoms with Gasteiger partial charge in [0.2, 0.25) is 0 Å². The summed E-state index contributed by atoms with van der Waals surface area (Å²) in [5.74, 6) is 0.0771. The van der Waals surface area contributed by atoms with Gasteiger partial charge in [-0.25, -0.2) is 0 Å². The molecule has 0 heterocycles. The quantitative estimate of drug-likeness (QED) is 0.680. The Morgan fingerprint density at radius 3 is 2.67 bits per heavy atom. The minimum atomic E-state index is 0.0771. The van der Waals surface area contributed by atoms with Crippen LogP contribution < -0.4 is 0 Å². The highest BCUT2D eigenvalue weighted by Gasteiger charge is 2.12. The average Bonchev–Trinajstić information content (AvgIpc) is 2.26. The largest absolute Gasteiger partial charge is 0.192 e. The number of allylic oxidation sites excluding steroid dienone is 1. The summed E-state index contributed by atoms with van der Waals surface area (Å²) < 4.78 is 0. The molecule has 15 heavy (non-hydrogen) atoms. The Balaban J connectivity index is 3.30. The van der Waals surface area contributed by atoms with Crippen molar-refractivity contribution in [1.82, 2.24) is 0 Å². The highest BCUT2D eigenvalue weighted by Crippen LogP contribution is 2.27. The van der Waals surface area contributed by atoms with Crippen molar-refractivity contribution in [2.24, 2.45) is 0 Å². The molecule has 0 fully saturated rings. The Morgan fingerprint density at radius 1 is 1.53 bits per heavy atom. The predicted molar refractivity (Wildman–Crippen MR) is 63.4 cm³/mol. The standard InChI is InChI=1S/C14H16N/c1-5-13-12(9-15)7-6-8-14(13)11(4)10(2)3/h6-8,11H,2,4-5H2,1,3H3. The van der Waals surface area contributed by atoms with Crippen LogP contribution in [0.3, 0.4) is 0 Å². The summed E-state index contributed by atoms with van der Waals surface area (Å²) in [5.41, 5.74) is 4.01. The van der Waals surface area contributed by atoms with E-state index in [9.17, 15) is 0 Å². The zero-order chi connectivity index (χ0) is 11.4. The van der Waals surface area contributed by atoms with E-state index in [1.54, 1.807) is 0 Å². The van der Waals surface area contributed by atoms with Gasteiger partial charge in [-0.2, -0.15) is 5.26 Å². The lowest BCUT2D eigenvalue weighted by Crippen LogP contribution is -2.02. The maximum absolute atomic E-state index is 9.00. The molecule has 1 atom stereocenters. The maximum atomic E-state index is 9.00. The molecule has 0 amide bonds. The zero-order valence-electron chi connectivity index (χ0n) is 9.38. The molecule has 0 saturated heterocycles. The van der Waals surface area contributed by atoms with Gasteiger partial charge in [0.15, 0.2) is 0 Å². The number of nitriles is 1. The lowest BCUT2D eigenvalue weighted by atomic mass is 9.88. The third kappa shape index (κ3) is 2.27. The summed E-state index contributed by atoms with van der Waals surface area (Å²) in [6.07, 6.45) is 0.859. The Labute approximate surface area is 92.1 Å². The fourth-order valence-corrected chi connectivity index (χ4v) is 1.70. The van der Waals surface area contributed by atoms with E-state index in [0.29, 0.717) is 0 Å². The minimum Gasteiger partial charge on any atom is -0.192 e. The van der Waals surface area contributed by atoms with Crippen LogP contribution in [0.1, 0.15) is 36.5 Å². The molecule has 1 nitrogen and oxygen atoms in total. The topological polar surface area (TPSA) is 23.8 Å². The molecule has 77 valence electrons. The van der Waals surface area contributed by atoms with Crippen molar-refractivity contribution in [3.8, 4) is 6.07 Å². The van der Waals surface area contributed by atoms with Crippen molar-refractivity contribution in [2.45, 2.75) is 26.2 Å². The van der Waals surface area contributed by atoms with Crippen LogP contribution in [0.5, 0.6) is 0 Å². The number of hydrogen-bond donors (Lipinski definition) is 0. The van der Waals surface area contributed by atoms with Crippen molar-refractivity contribution in [3.63, 3.8) is 0 Å². The van der Waals surface area contributed by atoms with Gasteiger partial charge in [0, 0.05) is 5.92 Å². The van der Waals surface area contributed by atoms with Crippen molar-refractivity contribution >= 4 is 0 Å². The maximum Gasteiger partial charge on any atom is 0.0994 e. The summed E-state index contributed by atoms with van der Waals surface area (Å²) in [7, 11) is 0. The monoisotopic (exact) mass is 198 g/mol. The predicted octanol–water partition coefficient (Wildman–Crippen LogP) is 3.61. The van der Waals surface area contributed by atoms with E-state index in [4.69, 9.17) is 5.26 Å². The Morgan fingerprint density at radius 2 is 2.20 bits per heavy atom. The Hall–Kier alpha value is -1.55. The van der Waals surface area contributed by atoms with E-state index in [0.717, 1.165) is 28.7 Å². The Kier molecular flexibility index (Phi) is 3.68. The number of hydrogen-bond acceptors (Lipinski definition) is 1. The molecule has 0 spiro atoms. The lowest BCUT2D eigenvalue weighted by molar-refractivity contribution is 0.947. The smallest absolute Gasteiger partial charge is 0.0994 e. The summed E-state index contributed by atoms with van der Waals surface area (Å²) in [5, 5.41) is 9.00. The highest BCUT2D eigenvalue weighted by molar-refractivity contribution is 5.46. The molecule has 1 radical (unpaired) electrons. The SMILES string of the molecule is [CH2]C(C(=C)C)c1cccc(C#N)c1CC. The van der Waals surface area contributed by atoms with Gasteiger partial charge in [-0.3, -0.25) is 0 Å². The van der Waals surface area contributed by atoms with E-state index < -0.39 is 0 Å². The van der Waals surface area contributed by atoms with Gasteiger partial charge in [-0.15, -0.1) is 0 Å². The van der Waals surface area contributed by atoms with Crippen molar-refractivity contribution < 1.29 is 0 Å². The van der Waals surface area contributed by atoms with Crippen molar-refractivity contribution in [3.05, 3.63) is 54.0 Å². The highest BCUT2D eigenvalue weighted by atomic mass is 14.3. The summed E-state index contributed by atoms with van der Waals surface area (Å²) >= 11 is 0. The summed E-state index contributed by atoms with van der Waals surface area (Å²) in [6.45, 7) is 12.0. The fourth-order valence-electron chi connectivity index (χ4n) is 1.70. The Bertz CT molecular complexity index is 410. The number of rotatable bonds is 3. The second kappa shape index (κ2) is 4.79. The zero-order valence-corrected chi connectivity index (χ0v) is 9.38. The van der Waals surface area contributed by atoms with E-state index in [2.05, 4.69) is 26.5 Å². The van der Waals surface area contributed by atoms with E-state index in [1.807, 2.05) is 25.1 Å². The number of benzene rings is 1. The molecular formula is C14H16N. The first-order valence-electron chi connectivity index (χ1n) is 5.12. The summed E-state index contributed by atoms with van der Waals surface area (Å²) in [4.78, 5) is 0. The van der Waals surface area contributed by atoms with Crippen LogP contribution in [-0.4, -0.2) is 0 Å². The van der Waals surface area contributed by atoms with Gasteiger partial charge in [-0.05, 0) is 37.5 Å². The van der Waals surface area contributed by atoms with Crippen LogP contribution in [0.2, 0.25) is 0 Å². The molecule has 0 aliphatic heterocycles. The molecule has 0 N–H and O–H groups in total. The molecule has 0 saturated carbocycles. The molecule has 1 rings (SSSR count). The molecule has 0 aliphatic carbocycles. The van der Waals surface area contributed by atoms with Gasteiger partial charge in [0.05, 0.1) is 11.6 Å². The first-order valence-corrected chi connectivity index (χ1v) is 5.12. The average molecular weight is 198 g/mol. The van der Waals surface area contributed by atoms with Crippen LogP contribution in [0.4, 0.5) is 0 Å².